The van der Waals surface area contributed by atoms with Crippen molar-refractivity contribution in [2.75, 3.05) is 25.5 Å². The smallest absolute Gasteiger partial charge is 0.337 e. The Balaban J connectivity index is 1.99. The summed E-state index contributed by atoms with van der Waals surface area (Å²) in [5.41, 5.74) is 8.35. The van der Waals surface area contributed by atoms with Gasteiger partial charge in [0.1, 0.15) is 5.82 Å². The fourth-order valence-electron chi connectivity index (χ4n) is 3.98. The maximum Gasteiger partial charge on any atom is 0.337 e. The zero-order valence-electron chi connectivity index (χ0n) is 15.9. The molecule has 1 aromatic carbocycles. The lowest BCUT2D eigenvalue weighted by Gasteiger charge is -2.18. The van der Waals surface area contributed by atoms with Crippen LogP contribution in [-0.4, -0.2) is 36.8 Å². The first-order valence-corrected chi connectivity index (χ1v) is 9.70. The topological polar surface area (TPSA) is 81.6 Å². The summed E-state index contributed by atoms with van der Waals surface area (Å²) in [5.74, 6) is 0.654. The van der Waals surface area contributed by atoms with Crippen LogP contribution in [-0.2, 0) is 16.6 Å². The average molecular weight is 399 g/mol. The molecule has 1 aliphatic heterocycles. The molecule has 4 rings (SSSR count). The molecule has 28 heavy (non-hydrogen) atoms. The van der Waals surface area contributed by atoms with Crippen molar-refractivity contribution in [3.8, 4) is 0 Å². The maximum absolute atomic E-state index is 12.1. The van der Waals surface area contributed by atoms with Gasteiger partial charge >= 0.3 is 5.97 Å². The summed E-state index contributed by atoms with van der Waals surface area (Å²) in [6.45, 7) is 1.23. The Morgan fingerprint density at radius 2 is 2.25 bits per heavy atom. The average Bonchev–Trinajstić information content (AvgIpc) is 3.08. The van der Waals surface area contributed by atoms with Crippen LogP contribution in [0.25, 0.3) is 10.9 Å². The number of hydrogen-bond donors (Lipinski definition) is 2. The third kappa shape index (κ3) is 3.02. The lowest BCUT2D eigenvalue weighted by molar-refractivity contribution is -0.135. The predicted molar refractivity (Wildman–Crippen MR) is 111 cm³/mol. The van der Waals surface area contributed by atoms with Crippen molar-refractivity contribution in [1.29, 1.82) is 0 Å². The number of nitrogens with zero attached hydrogens (tertiary/aromatic N) is 2. The van der Waals surface area contributed by atoms with Crippen LogP contribution in [0.15, 0.2) is 47.0 Å². The van der Waals surface area contributed by atoms with E-state index >= 15 is 0 Å². The van der Waals surface area contributed by atoms with Crippen molar-refractivity contribution in [3.05, 3.63) is 57.9 Å². The summed E-state index contributed by atoms with van der Waals surface area (Å²) in [4.78, 5) is 17.0. The van der Waals surface area contributed by atoms with Crippen LogP contribution in [0.2, 0.25) is 5.02 Å². The van der Waals surface area contributed by atoms with Gasteiger partial charge in [-0.1, -0.05) is 23.8 Å². The van der Waals surface area contributed by atoms with E-state index in [-0.39, 0.29) is 17.9 Å². The molecule has 2 unspecified atom stereocenters. The van der Waals surface area contributed by atoms with Crippen molar-refractivity contribution in [1.82, 2.24) is 4.57 Å². The van der Waals surface area contributed by atoms with E-state index in [4.69, 9.17) is 27.1 Å². The van der Waals surface area contributed by atoms with Gasteiger partial charge in [0.25, 0.3) is 0 Å². The molecule has 0 amide bonds. The number of pyridine rings is 1. The molecule has 2 atom stereocenters. The van der Waals surface area contributed by atoms with Crippen molar-refractivity contribution in [2.45, 2.75) is 18.4 Å². The Morgan fingerprint density at radius 1 is 1.43 bits per heavy atom. The fraction of sp³-hybridized carbons (Fsp3) is 0.333. The van der Waals surface area contributed by atoms with Gasteiger partial charge in [-0.3, -0.25) is 4.99 Å². The molecule has 1 aromatic heterocycles. The summed E-state index contributed by atoms with van der Waals surface area (Å²) < 4.78 is 7.03. The monoisotopic (exact) mass is 398 g/mol. The molecule has 0 spiro atoms. The highest BCUT2D eigenvalue weighted by Gasteiger charge is 2.35. The van der Waals surface area contributed by atoms with Gasteiger partial charge in [-0.2, -0.15) is 0 Å². The van der Waals surface area contributed by atoms with Crippen LogP contribution in [0.3, 0.4) is 0 Å². The minimum absolute atomic E-state index is 0.0136. The van der Waals surface area contributed by atoms with Gasteiger partial charge < -0.3 is 20.4 Å². The van der Waals surface area contributed by atoms with Crippen molar-refractivity contribution >= 4 is 34.3 Å². The second-order valence-electron chi connectivity index (χ2n) is 7.02. The lowest BCUT2D eigenvalue weighted by atomic mass is 9.88. The van der Waals surface area contributed by atoms with Gasteiger partial charge in [-0.15, -0.1) is 0 Å². The lowest BCUT2D eigenvalue weighted by Crippen LogP contribution is -2.23. The molecule has 0 bridgehead atoms. The normalized spacial score (nSPS) is 20.6. The van der Waals surface area contributed by atoms with Gasteiger partial charge in [0, 0.05) is 35.5 Å². The number of methoxy groups -OCH3 is 1. The van der Waals surface area contributed by atoms with E-state index in [0.29, 0.717) is 23.7 Å². The van der Waals surface area contributed by atoms with E-state index in [1.165, 1.54) is 7.11 Å². The molecule has 6 nitrogen and oxygen atoms in total. The van der Waals surface area contributed by atoms with Crippen LogP contribution in [0, 0.1) is 0 Å². The Hall–Kier alpha value is -2.57. The highest BCUT2D eigenvalue weighted by atomic mass is 35.5. The van der Waals surface area contributed by atoms with Crippen LogP contribution in [0.4, 0.5) is 5.82 Å². The van der Waals surface area contributed by atoms with Crippen LogP contribution >= 0.6 is 11.6 Å². The number of carbonyl (C=O) groups is 1. The number of halogens is 1. The van der Waals surface area contributed by atoms with E-state index in [1.807, 2.05) is 43.5 Å². The molecular formula is C21H23ClN4O2. The van der Waals surface area contributed by atoms with E-state index in [9.17, 15) is 4.79 Å². The van der Waals surface area contributed by atoms with Crippen LogP contribution in [0.5, 0.6) is 0 Å². The Bertz CT molecular complexity index is 1080. The zero-order valence-corrected chi connectivity index (χ0v) is 16.7. The number of nitrogens with one attached hydrogen (secondary N) is 1. The number of benzene rings is 1. The molecule has 0 radical (unpaired) electrons. The molecule has 0 saturated heterocycles. The van der Waals surface area contributed by atoms with Crippen molar-refractivity contribution in [2.24, 2.45) is 17.8 Å². The first kappa shape index (κ1) is 18.8. The number of fused-ring (bicyclic) bond motifs is 4. The number of anilines is 1. The summed E-state index contributed by atoms with van der Waals surface area (Å²) >= 11 is 6.31. The Morgan fingerprint density at radius 3 is 3.00 bits per heavy atom. The molecule has 2 aromatic rings. The maximum atomic E-state index is 12.1. The number of nitrogens with two attached hydrogens (primary N) is 1. The number of aryl methyl sites for hydroxylation is 1. The molecule has 3 N–H and O–H groups in total. The highest BCUT2D eigenvalue weighted by Crippen LogP contribution is 2.39. The van der Waals surface area contributed by atoms with E-state index < -0.39 is 0 Å². The second kappa shape index (κ2) is 7.45. The number of aromatic nitrogens is 1. The molecule has 1 aliphatic carbocycles. The predicted octanol–water partition coefficient (Wildman–Crippen LogP) is 2.63. The summed E-state index contributed by atoms with van der Waals surface area (Å²) in [6.07, 6.45) is 6.60. The van der Waals surface area contributed by atoms with Gasteiger partial charge in [0.2, 0.25) is 0 Å². The number of hydrogen-bond acceptors (Lipinski definition) is 5. The fourth-order valence-corrected chi connectivity index (χ4v) is 4.16. The summed E-state index contributed by atoms with van der Waals surface area (Å²) in [6, 6.07) is 5.91. The molecule has 2 heterocycles. The van der Waals surface area contributed by atoms with Crippen LogP contribution < -0.4 is 16.4 Å². The zero-order chi connectivity index (χ0) is 19.8. The van der Waals surface area contributed by atoms with Gasteiger partial charge in [0.15, 0.2) is 0 Å². The first-order chi connectivity index (χ1) is 13.5. The molecule has 146 valence electrons. The number of carbonyl (C=O) groups excluding carboxylic acids is 1. The third-order valence-electron chi connectivity index (χ3n) is 5.34. The number of rotatable bonds is 4. The number of ether oxygens (including phenoxy) is 1. The van der Waals surface area contributed by atoms with Gasteiger partial charge in [-0.05, 0) is 37.2 Å². The van der Waals surface area contributed by atoms with E-state index in [2.05, 4.69) is 9.88 Å². The summed E-state index contributed by atoms with van der Waals surface area (Å²) in [7, 11) is 3.42. The third-order valence-corrected chi connectivity index (χ3v) is 5.57. The second-order valence-corrected chi connectivity index (χ2v) is 7.46. The molecule has 7 heteroatoms. The molecule has 0 saturated carbocycles. The highest BCUT2D eigenvalue weighted by molar-refractivity contribution is 6.31. The summed E-state index contributed by atoms with van der Waals surface area (Å²) in [5, 5.41) is 6.16. The minimum Gasteiger partial charge on any atom is -0.465 e. The van der Waals surface area contributed by atoms with Gasteiger partial charge in [-0.25, -0.2) is 4.79 Å². The standard InChI is InChI=1S/C21H23ClN4O2/c1-26-17-7-5-13(22)11-15(17)19(24-9-3-8-23)18-14-10-12(21(27)28-2)4-6-16(14)25-20(18)26/h4-7,10-11,14,16,25H,3,8-9,23H2,1-2H3. The largest absolute Gasteiger partial charge is 0.465 e. The van der Waals surface area contributed by atoms with Crippen LogP contribution in [0.1, 0.15) is 17.9 Å². The Kier molecular flexibility index (Phi) is 5.00. The minimum atomic E-state index is -0.335. The quantitative estimate of drug-likeness (QED) is 0.612. The SMILES string of the molecule is COC(=O)C1=CC2c3c(n(C)c4ccc(Cl)cc4c3=NCCCN)NC2C=C1. The molecule has 0 fully saturated rings. The van der Waals surface area contributed by atoms with Crippen molar-refractivity contribution < 1.29 is 9.53 Å². The molecular weight excluding hydrogens is 376 g/mol. The van der Waals surface area contributed by atoms with E-state index in [1.54, 1.807) is 0 Å². The van der Waals surface area contributed by atoms with Gasteiger partial charge in [0.05, 0.1) is 29.6 Å². The number of esters is 1. The van der Waals surface area contributed by atoms with E-state index in [0.717, 1.165) is 34.1 Å². The molecule has 2 aliphatic rings. The first-order valence-electron chi connectivity index (χ1n) is 9.32. The Labute approximate surface area is 168 Å². The van der Waals surface area contributed by atoms with Crippen molar-refractivity contribution in [3.63, 3.8) is 0 Å².